The second kappa shape index (κ2) is 48.7. The highest BCUT2D eigenvalue weighted by atomic mass is 16.5. The standard InChI is InChI=1S/C56H111NO6/c1-8-12-28-36-52(37-29-13-9-2)43-48-62-55(58)40-32-24-20-16-18-22-26-34-46-60-50-54(42-45-57(7)51(5)6)61-47-35-27-23-19-17-21-25-33-41-56(59)63-49-44-53(38-30-14-10-3)39-31-15-11-4/h51-54H,8-50H2,1-7H3. The predicted molar refractivity (Wildman–Crippen MR) is 271 cm³/mol. The van der Waals surface area contributed by atoms with E-state index in [2.05, 4.69) is 53.5 Å². The molecule has 0 aromatic carbocycles. The highest BCUT2D eigenvalue weighted by Crippen LogP contribution is 2.23. The normalized spacial score (nSPS) is 12.4. The maximum absolute atomic E-state index is 12.3. The third-order valence-electron chi connectivity index (χ3n) is 13.5. The molecule has 1 atom stereocenters. The van der Waals surface area contributed by atoms with Crippen LogP contribution in [0.2, 0.25) is 0 Å². The monoisotopic (exact) mass is 894 g/mol. The van der Waals surface area contributed by atoms with Gasteiger partial charge in [0.25, 0.3) is 0 Å². The molecule has 0 N–H and O–H groups in total. The molecule has 63 heavy (non-hydrogen) atoms. The summed E-state index contributed by atoms with van der Waals surface area (Å²) in [5.41, 5.74) is 0. The van der Waals surface area contributed by atoms with Crippen LogP contribution in [0.3, 0.4) is 0 Å². The molecule has 0 rings (SSSR count). The lowest BCUT2D eigenvalue weighted by molar-refractivity contribution is -0.145. The summed E-state index contributed by atoms with van der Waals surface area (Å²) in [5, 5.41) is 0. The van der Waals surface area contributed by atoms with Crippen molar-refractivity contribution in [1.29, 1.82) is 0 Å². The molecule has 0 aliphatic carbocycles. The number of ether oxygens (including phenoxy) is 4. The van der Waals surface area contributed by atoms with E-state index in [1.165, 1.54) is 167 Å². The van der Waals surface area contributed by atoms with Crippen LogP contribution in [-0.4, -0.2) is 75.6 Å². The Morgan fingerprint density at radius 2 is 0.778 bits per heavy atom. The molecule has 0 radical (unpaired) electrons. The average Bonchev–Trinajstić information content (AvgIpc) is 3.27. The minimum Gasteiger partial charge on any atom is -0.466 e. The fourth-order valence-electron chi connectivity index (χ4n) is 8.67. The van der Waals surface area contributed by atoms with Crippen molar-refractivity contribution in [3.63, 3.8) is 0 Å². The SMILES string of the molecule is CCCCCC(CCCCC)CCOC(=O)CCCCCCCCCCOCC(CCN(C)C(C)C)OCCCCCCCCCCC(=O)OCCC(CCCCC)CCCCC. The molecule has 0 fully saturated rings. The third kappa shape index (κ3) is 44.4. The van der Waals surface area contributed by atoms with Crippen LogP contribution in [-0.2, 0) is 28.5 Å². The van der Waals surface area contributed by atoms with Crippen molar-refractivity contribution in [2.24, 2.45) is 11.8 Å². The van der Waals surface area contributed by atoms with E-state index in [0.717, 1.165) is 89.4 Å². The Morgan fingerprint density at radius 1 is 0.413 bits per heavy atom. The van der Waals surface area contributed by atoms with Gasteiger partial charge in [-0.2, -0.15) is 0 Å². The van der Waals surface area contributed by atoms with E-state index in [-0.39, 0.29) is 18.0 Å². The lowest BCUT2D eigenvalue weighted by atomic mass is 9.92. The second-order valence-corrected chi connectivity index (χ2v) is 19.8. The van der Waals surface area contributed by atoms with Crippen molar-refractivity contribution in [3.05, 3.63) is 0 Å². The summed E-state index contributed by atoms with van der Waals surface area (Å²) in [7, 11) is 2.20. The minimum absolute atomic E-state index is 0.00505. The van der Waals surface area contributed by atoms with E-state index in [0.29, 0.717) is 38.7 Å². The molecule has 0 bridgehead atoms. The first-order valence-electron chi connectivity index (χ1n) is 28.0. The zero-order chi connectivity index (χ0) is 46.3. The lowest BCUT2D eigenvalue weighted by Gasteiger charge is -2.24. The average molecular weight is 895 g/mol. The van der Waals surface area contributed by atoms with Crippen LogP contribution in [0.4, 0.5) is 0 Å². The zero-order valence-electron chi connectivity index (χ0n) is 43.6. The van der Waals surface area contributed by atoms with Gasteiger partial charge in [0.2, 0.25) is 0 Å². The van der Waals surface area contributed by atoms with Crippen molar-refractivity contribution in [1.82, 2.24) is 4.90 Å². The number of rotatable bonds is 51. The fourth-order valence-corrected chi connectivity index (χ4v) is 8.67. The Morgan fingerprint density at radius 3 is 1.16 bits per heavy atom. The molecule has 0 aromatic rings. The van der Waals surface area contributed by atoms with Gasteiger partial charge in [-0.3, -0.25) is 9.59 Å². The summed E-state index contributed by atoms with van der Waals surface area (Å²) in [5.74, 6) is 1.45. The van der Waals surface area contributed by atoms with Crippen LogP contribution >= 0.6 is 0 Å². The molecule has 0 heterocycles. The summed E-state index contributed by atoms with van der Waals surface area (Å²) >= 11 is 0. The summed E-state index contributed by atoms with van der Waals surface area (Å²) in [6.45, 7) is 18.2. The van der Waals surface area contributed by atoms with Gasteiger partial charge in [0.05, 0.1) is 25.9 Å². The van der Waals surface area contributed by atoms with Crippen molar-refractivity contribution >= 4 is 11.9 Å². The number of carbonyl (C=O) groups excluding carboxylic acids is 2. The highest BCUT2D eigenvalue weighted by molar-refractivity contribution is 5.69. The molecule has 0 aliphatic heterocycles. The quantitative estimate of drug-likeness (QED) is 0.0445. The van der Waals surface area contributed by atoms with Crippen LogP contribution in [0.5, 0.6) is 0 Å². The lowest BCUT2D eigenvalue weighted by Crippen LogP contribution is -2.32. The number of hydrogen-bond acceptors (Lipinski definition) is 7. The van der Waals surface area contributed by atoms with Gasteiger partial charge < -0.3 is 23.8 Å². The number of nitrogens with zero attached hydrogens (tertiary/aromatic N) is 1. The largest absolute Gasteiger partial charge is 0.466 e. The summed E-state index contributed by atoms with van der Waals surface area (Å²) < 4.78 is 23.8. The number of carbonyl (C=O) groups is 2. The maximum atomic E-state index is 12.3. The Balaban J connectivity index is 3.98. The number of unbranched alkanes of at least 4 members (excludes halogenated alkanes) is 22. The van der Waals surface area contributed by atoms with E-state index in [4.69, 9.17) is 18.9 Å². The first kappa shape index (κ1) is 61.8. The summed E-state index contributed by atoms with van der Waals surface area (Å²) in [6.07, 6.45) is 44.0. The van der Waals surface area contributed by atoms with E-state index >= 15 is 0 Å². The van der Waals surface area contributed by atoms with Crippen LogP contribution in [0.15, 0.2) is 0 Å². The van der Waals surface area contributed by atoms with Gasteiger partial charge in [-0.05, 0) is 77.7 Å². The molecule has 7 heteroatoms. The van der Waals surface area contributed by atoms with Gasteiger partial charge in [-0.1, -0.05) is 207 Å². The molecule has 0 amide bonds. The van der Waals surface area contributed by atoms with Crippen molar-refractivity contribution in [2.75, 3.05) is 46.6 Å². The van der Waals surface area contributed by atoms with E-state index in [1.807, 2.05) is 0 Å². The van der Waals surface area contributed by atoms with Crippen LogP contribution in [0.25, 0.3) is 0 Å². The molecule has 0 saturated heterocycles. The number of esters is 2. The Hall–Kier alpha value is -1.18. The summed E-state index contributed by atoms with van der Waals surface area (Å²) in [6, 6.07) is 0.535. The van der Waals surface area contributed by atoms with Crippen molar-refractivity contribution in [3.8, 4) is 0 Å². The molecule has 1 unspecified atom stereocenters. The highest BCUT2D eigenvalue weighted by Gasteiger charge is 2.14. The van der Waals surface area contributed by atoms with Gasteiger partial charge >= 0.3 is 11.9 Å². The van der Waals surface area contributed by atoms with Crippen LogP contribution in [0, 0.1) is 11.8 Å². The third-order valence-corrected chi connectivity index (χ3v) is 13.5. The second-order valence-electron chi connectivity index (χ2n) is 19.8. The zero-order valence-corrected chi connectivity index (χ0v) is 43.6. The Bertz CT molecular complexity index is 925. The van der Waals surface area contributed by atoms with E-state index < -0.39 is 0 Å². The molecule has 7 nitrogen and oxygen atoms in total. The van der Waals surface area contributed by atoms with Gasteiger partial charge in [-0.25, -0.2) is 0 Å². The predicted octanol–water partition coefficient (Wildman–Crippen LogP) is 16.6. The van der Waals surface area contributed by atoms with Gasteiger partial charge in [0.1, 0.15) is 0 Å². The minimum atomic E-state index is 0.00505. The Labute approximate surface area is 393 Å². The first-order valence-corrected chi connectivity index (χ1v) is 28.0. The van der Waals surface area contributed by atoms with E-state index in [1.54, 1.807) is 0 Å². The topological polar surface area (TPSA) is 74.3 Å². The maximum Gasteiger partial charge on any atom is 0.305 e. The van der Waals surface area contributed by atoms with Crippen molar-refractivity contribution < 1.29 is 28.5 Å². The smallest absolute Gasteiger partial charge is 0.305 e. The molecule has 376 valence electrons. The Kier molecular flexibility index (Phi) is 47.8. The number of hydrogen-bond donors (Lipinski definition) is 0. The molecule has 0 spiro atoms. The van der Waals surface area contributed by atoms with Crippen molar-refractivity contribution in [2.45, 2.75) is 291 Å². The van der Waals surface area contributed by atoms with Crippen LogP contribution in [0.1, 0.15) is 279 Å². The molecule has 0 aromatic heterocycles. The molecule has 0 saturated carbocycles. The molecule has 0 aliphatic rings. The van der Waals surface area contributed by atoms with Crippen LogP contribution < -0.4 is 0 Å². The fraction of sp³-hybridized carbons (Fsp3) is 0.964. The summed E-state index contributed by atoms with van der Waals surface area (Å²) in [4.78, 5) is 27.0. The van der Waals surface area contributed by atoms with Gasteiger partial charge in [0, 0.05) is 38.6 Å². The first-order chi connectivity index (χ1) is 30.8. The van der Waals surface area contributed by atoms with Gasteiger partial charge in [-0.15, -0.1) is 0 Å². The molecular weight excluding hydrogens is 783 g/mol. The van der Waals surface area contributed by atoms with Gasteiger partial charge in [0.15, 0.2) is 0 Å². The van der Waals surface area contributed by atoms with E-state index in [9.17, 15) is 9.59 Å². The molecular formula is C56H111NO6.